The van der Waals surface area contributed by atoms with Crippen molar-refractivity contribution < 1.29 is 4.74 Å². The van der Waals surface area contributed by atoms with Gasteiger partial charge in [-0.2, -0.15) is 0 Å². The molecular formula is C15H18N2O3. The summed E-state index contributed by atoms with van der Waals surface area (Å²) in [5.74, 6) is 0. The van der Waals surface area contributed by atoms with Gasteiger partial charge in [-0.05, 0) is 18.9 Å². The largest absolute Gasteiger partial charge is 0.353 e. The van der Waals surface area contributed by atoms with E-state index in [0.29, 0.717) is 5.56 Å². The van der Waals surface area contributed by atoms with Crippen LogP contribution in [0.2, 0.25) is 0 Å². The number of aryl methyl sites for hydroxylation is 1. The molecule has 1 heterocycles. The monoisotopic (exact) mass is 274 g/mol. The Kier molecular flexibility index (Phi) is 4.53. The Labute approximate surface area is 116 Å². The predicted molar refractivity (Wildman–Crippen MR) is 76.6 cm³/mol. The molecule has 0 fully saturated rings. The van der Waals surface area contributed by atoms with Crippen LogP contribution in [0, 0.1) is 6.92 Å². The first-order valence-corrected chi connectivity index (χ1v) is 6.58. The number of nitrogens with one attached hydrogen (secondary N) is 1. The van der Waals surface area contributed by atoms with Crippen LogP contribution in [0.1, 0.15) is 30.6 Å². The smallest absolute Gasteiger partial charge is 0.330 e. The number of ether oxygens (including phenoxy) is 1. The molecule has 5 heteroatoms. The molecule has 0 bridgehead atoms. The van der Waals surface area contributed by atoms with E-state index in [1.165, 1.54) is 10.8 Å². The molecule has 20 heavy (non-hydrogen) atoms. The van der Waals surface area contributed by atoms with Crippen LogP contribution in [-0.2, 0) is 11.5 Å². The molecule has 0 aliphatic carbocycles. The highest BCUT2D eigenvalue weighted by molar-refractivity contribution is 5.17. The van der Waals surface area contributed by atoms with E-state index in [4.69, 9.17) is 4.74 Å². The zero-order valence-corrected chi connectivity index (χ0v) is 11.6. The highest BCUT2D eigenvalue weighted by Crippen LogP contribution is 2.20. The molecule has 0 radical (unpaired) electrons. The summed E-state index contributed by atoms with van der Waals surface area (Å²) in [6, 6.07) is 9.85. The van der Waals surface area contributed by atoms with Crippen molar-refractivity contribution in [2.24, 2.45) is 0 Å². The summed E-state index contributed by atoms with van der Waals surface area (Å²) < 4.78 is 7.14. The van der Waals surface area contributed by atoms with Gasteiger partial charge in [-0.3, -0.25) is 14.3 Å². The number of nitrogens with zero attached hydrogens (tertiary/aromatic N) is 1. The number of H-pyrrole nitrogens is 1. The first-order valence-electron chi connectivity index (χ1n) is 6.58. The molecule has 5 nitrogen and oxygen atoms in total. The van der Waals surface area contributed by atoms with E-state index < -0.39 is 5.69 Å². The average molecular weight is 274 g/mol. The Hall–Kier alpha value is -2.14. The summed E-state index contributed by atoms with van der Waals surface area (Å²) in [6.45, 7) is 3.80. The third kappa shape index (κ3) is 3.24. The highest BCUT2D eigenvalue weighted by Gasteiger charge is 2.10. The lowest BCUT2D eigenvalue weighted by Gasteiger charge is -2.17. The van der Waals surface area contributed by atoms with Gasteiger partial charge in [0, 0.05) is 11.8 Å². The summed E-state index contributed by atoms with van der Waals surface area (Å²) in [6.07, 6.45) is 2.25. The Morgan fingerprint density at radius 1 is 1.25 bits per heavy atom. The number of hydrogen-bond donors (Lipinski definition) is 1. The fourth-order valence-corrected chi connectivity index (χ4v) is 2.00. The summed E-state index contributed by atoms with van der Waals surface area (Å²) in [5.41, 5.74) is 0.745. The van der Waals surface area contributed by atoms with E-state index in [2.05, 4.69) is 4.98 Å². The third-order valence-electron chi connectivity index (χ3n) is 3.15. The maximum Gasteiger partial charge on any atom is 0.330 e. The van der Waals surface area contributed by atoms with Crippen LogP contribution in [0.15, 0.2) is 46.1 Å². The lowest BCUT2D eigenvalue weighted by Crippen LogP contribution is -2.31. The van der Waals surface area contributed by atoms with E-state index in [0.717, 1.165) is 12.0 Å². The minimum atomic E-state index is -0.455. The van der Waals surface area contributed by atoms with Crippen molar-refractivity contribution in [2.75, 3.05) is 0 Å². The molecule has 1 atom stereocenters. The topological polar surface area (TPSA) is 64.1 Å². The highest BCUT2D eigenvalue weighted by atomic mass is 16.5. The second-order valence-corrected chi connectivity index (χ2v) is 4.64. The second kappa shape index (κ2) is 6.34. The van der Waals surface area contributed by atoms with Crippen LogP contribution in [0.4, 0.5) is 0 Å². The molecule has 1 aromatic carbocycles. The van der Waals surface area contributed by atoms with Crippen molar-refractivity contribution in [3.05, 3.63) is 68.5 Å². The Bertz CT molecular complexity index is 674. The molecule has 1 unspecified atom stereocenters. The SMILES string of the molecule is CCC(OCn1cc(C)c(=O)[nH]c1=O)c1ccccc1. The van der Waals surface area contributed by atoms with Gasteiger partial charge in [0.15, 0.2) is 0 Å². The average Bonchev–Trinajstić information content (AvgIpc) is 2.46. The van der Waals surface area contributed by atoms with Crippen molar-refractivity contribution in [3.63, 3.8) is 0 Å². The van der Waals surface area contributed by atoms with Crippen molar-refractivity contribution in [1.82, 2.24) is 9.55 Å². The second-order valence-electron chi connectivity index (χ2n) is 4.64. The summed E-state index contributed by atoms with van der Waals surface area (Å²) in [4.78, 5) is 25.2. The maximum atomic E-state index is 11.7. The van der Waals surface area contributed by atoms with E-state index in [9.17, 15) is 9.59 Å². The molecule has 2 aromatic rings. The van der Waals surface area contributed by atoms with Crippen LogP contribution >= 0.6 is 0 Å². The fourth-order valence-electron chi connectivity index (χ4n) is 2.00. The summed E-state index contributed by atoms with van der Waals surface area (Å²) in [7, 11) is 0. The minimum absolute atomic E-state index is 0.0738. The maximum absolute atomic E-state index is 11.7. The van der Waals surface area contributed by atoms with Gasteiger partial charge in [-0.1, -0.05) is 37.3 Å². The molecule has 0 aliphatic heterocycles. The number of hydrogen-bond acceptors (Lipinski definition) is 3. The van der Waals surface area contributed by atoms with Gasteiger partial charge in [0.1, 0.15) is 6.73 Å². The first-order chi connectivity index (χ1) is 9.61. The van der Waals surface area contributed by atoms with Crippen LogP contribution < -0.4 is 11.2 Å². The van der Waals surface area contributed by atoms with Crippen LogP contribution in [-0.4, -0.2) is 9.55 Å². The number of aromatic nitrogens is 2. The van der Waals surface area contributed by atoms with Crippen molar-refractivity contribution >= 4 is 0 Å². The van der Waals surface area contributed by atoms with Gasteiger partial charge in [0.05, 0.1) is 6.10 Å². The molecule has 0 amide bonds. The lowest BCUT2D eigenvalue weighted by atomic mass is 10.1. The van der Waals surface area contributed by atoms with Gasteiger partial charge in [0.2, 0.25) is 0 Å². The quantitative estimate of drug-likeness (QED) is 0.906. The zero-order valence-electron chi connectivity index (χ0n) is 11.6. The molecular weight excluding hydrogens is 256 g/mol. The van der Waals surface area contributed by atoms with Crippen LogP contribution in [0.25, 0.3) is 0 Å². The summed E-state index contributed by atoms with van der Waals surface area (Å²) >= 11 is 0. The molecule has 1 N–H and O–H groups in total. The molecule has 0 aliphatic rings. The van der Waals surface area contributed by atoms with E-state index in [1.807, 2.05) is 37.3 Å². The Morgan fingerprint density at radius 2 is 1.95 bits per heavy atom. The number of rotatable bonds is 5. The normalized spacial score (nSPS) is 12.3. The van der Waals surface area contributed by atoms with Gasteiger partial charge in [0.25, 0.3) is 5.56 Å². The number of benzene rings is 1. The molecule has 0 saturated carbocycles. The standard InChI is InChI=1S/C15H18N2O3/c1-3-13(12-7-5-4-6-8-12)20-10-17-9-11(2)14(18)16-15(17)19/h4-9,13H,3,10H2,1-2H3,(H,16,18,19). The summed E-state index contributed by atoms with van der Waals surface area (Å²) in [5, 5.41) is 0. The first kappa shape index (κ1) is 14.3. The van der Waals surface area contributed by atoms with Gasteiger partial charge >= 0.3 is 5.69 Å². The van der Waals surface area contributed by atoms with E-state index in [-0.39, 0.29) is 18.4 Å². The fraction of sp³-hybridized carbons (Fsp3) is 0.333. The van der Waals surface area contributed by atoms with Crippen molar-refractivity contribution in [3.8, 4) is 0 Å². The van der Waals surface area contributed by atoms with Crippen molar-refractivity contribution in [2.45, 2.75) is 33.1 Å². The van der Waals surface area contributed by atoms with Crippen LogP contribution in [0.5, 0.6) is 0 Å². The Balaban J connectivity index is 2.13. The molecule has 1 aromatic heterocycles. The van der Waals surface area contributed by atoms with Gasteiger partial charge in [-0.25, -0.2) is 4.79 Å². The molecule has 2 rings (SSSR count). The predicted octanol–water partition coefficient (Wildman–Crippen LogP) is 1.97. The van der Waals surface area contributed by atoms with Gasteiger partial charge in [-0.15, -0.1) is 0 Å². The molecule has 106 valence electrons. The Morgan fingerprint density at radius 3 is 2.60 bits per heavy atom. The minimum Gasteiger partial charge on any atom is -0.353 e. The third-order valence-corrected chi connectivity index (χ3v) is 3.15. The lowest BCUT2D eigenvalue weighted by molar-refractivity contribution is 0.00105. The molecule has 0 spiro atoms. The molecule has 0 saturated heterocycles. The van der Waals surface area contributed by atoms with Gasteiger partial charge < -0.3 is 4.74 Å². The van der Waals surface area contributed by atoms with Crippen molar-refractivity contribution in [1.29, 1.82) is 0 Å². The van der Waals surface area contributed by atoms with Crippen LogP contribution in [0.3, 0.4) is 0 Å². The number of aromatic amines is 1. The van der Waals surface area contributed by atoms with E-state index >= 15 is 0 Å². The zero-order chi connectivity index (χ0) is 14.5. The van der Waals surface area contributed by atoms with E-state index in [1.54, 1.807) is 6.92 Å².